The highest BCUT2D eigenvalue weighted by atomic mass is 32.2. The number of hydrogen-bond acceptors (Lipinski definition) is 4. The summed E-state index contributed by atoms with van der Waals surface area (Å²) in [6.45, 7) is 6.26. The zero-order valence-electron chi connectivity index (χ0n) is 20.2. The van der Waals surface area contributed by atoms with E-state index in [2.05, 4.69) is 30.1 Å². The predicted molar refractivity (Wildman–Crippen MR) is 143 cm³/mol. The average Bonchev–Trinajstić information content (AvgIpc) is 2.86. The van der Waals surface area contributed by atoms with Crippen LogP contribution < -0.4 is 10.9 Å². The number of allylic oxidation sites excluding steroid dienone is 1. The monoisotopic (exact) mass is 485 g/mol. The first-order valence-electron chi connectivity index (χ1n) is 12.3. The van der Waals surface area contributed by atoms with Crippen LogP contribution in [-0.4, -0.2) is 21.2 Å². The molecule has 0 radical (unpaired) electrons. The Kier molecular flexibility index (Phi) is 6.65. The minimum absolute atomic E-state index is 0.0211. The number of nitrogens with one attached hydrogen (secondary N) is 1. The average molecular weight is 486 g/mol. The van der Waals surface area contributed by atoms with E-state index in [0.29, 0.717) is 11.7 Å². The molecule has 0 atom stereocenters. The molecule has 0 bridgehead atoms. The number of amides is 1. The lowest BCUT2D eigenvalue weighted by molar-refractivity contribution is -0.113. The Morgan fingerprint density at radius 1 is 1.14 bits per heavy atom. The number of aryl methyl sites for hydroxylation is 1. The summed E-state index contributed by atoms with van der Waals surface area (Å²) >= 11 is 1.31. The van der Waals surface area contributed by atoms with Crippen LogP contribution in [0, 0.1) is 6.92 Å². The van der Waals surface area contributed by atoms with Gasteiger partial charge in [0.1, 0.15) is 0 Å². The number of rotatable bonds is 6. The molecule has 2 aromatic carbocycles. The van der Waals surface area contributed by atoms with E-state index in [-0.39, 0.29) is 22.6 Å². The second kappa shape index (κ2) is 9.86. The van der Waals surface area contributed by atoms with Gasteiger partial charge in [-0.25, -0.2) is 4.98 Å². The first kappa shape index (κ1) is 23.6. The van der Waals surface area contributed by atoms with Gasteiger partial charge in [0.2, 0.25) is 5.91 Å². The van der Waals surface area contributed by atoms with Crippen molar-refractivity contribution in [2.24, 2.45) is 0 Å². The quantitative estimate of drug-likeness (QED) is 0.268. The summed E-state index contributed by atoms with van der Waals surface area (Å²) in [7, 11) is 0. The van der Waals surface area contributed by atoms with Crippen LogP contribution in [0.4, 0.5) is 5.69 Å². The Morgan fingerprint density at radius 3 is 2.63 bits per heavy atom. The molecule has 1 spiro atoms. The van der Waals surface area contributed by atoms with E-state index in [4.69, 9.17) is 4.98 Å². The van der Waals surface area contributed by atoms with Gasteiger partial charge in [0, 0.05) is 23.2 Å². The number of fused-ring (bicyclic) bond motifs is 4. The third-order valence-electron chi connectivity index (χ3n) is 7.26. The molecule has 35 heavy (non-hydrogen) atoms. The molecule has 2 aliphatic carbocycles. The molecular weight excluding hydrogens is 454 g/mol. The maximum absolute atomic E-state index is 14.0. The number of benzene rings is 2. The molecule has 1 saturated carbocycles. The van der Waals surface area contributed by atoms with Crippen molar-refractivity contribution in [2.75, 3.05) is 11.1 Å². The van der Waals surface area contributed by atoms with E-state index in [1.165, 1.54) is 23.7 Å². The summed E-state index contributed by atoms with van der Waals surface area (Å²) in [6.07, 6.45) is 8.16. The number of carbonyl (C=O) groups is 1. The van der Waals surface area contributed by atoms with Gasteiger partial charge in [-0.3, -0.25) is 14.2 Å². The Labute approximate surface area is 210 Å². The van der Waals surface area contributed by atoms with Crippen LogP contribution in [0.5, 0.6) is 0 Å². The van der Waals surface area contributed by atoms with Crippen LogP contribution in [-0.2, 0) is 23.2 Å². The lowest BCUT2D eigenvalue weighted by Gasteiger charge is -2.42. The van der Waals surface area contributed by atoms with E-state index in [0.717, 1.165) is 60.2 Å². The molecule has 0 unspecified atom stereocenters. The maximum atomic E-state index is 14.0. The molecule has 1 N–H and O–H groups in total. The van der Waals surface area contributed by atoms with Crippen LogP contribution in [0.15, 0.2) is 71.1 Å². The van der Waals surface area contributed by atoms with Crippen molar-refractivity contribution in [2.45, 2.75) is 62.6 Å². The van der Waals surface area contributed by atoms with Gasteiger partial charge in [-0.1, -0.05) is 79.1 Å². The minimum Gasteiger partial charge on any atom is -0.325 e. The maximum Gasteiger partial charge on any atom is 0.258 e. The molecule has 1 aromatic heterocycles. The van der Waals surface area contributed by atoms with Crippen molar-refractivity contribution in [1.29, 1.82) is 0 Å². The Balaban J connectivity index is 1.52. The molecule has 180 valence electrons. The molecule has 0 saturated heterocycles. The van der Waals surface area contributed by atoms with E-state index in [1.807, 2.05) is 37.3 Å². The summed E-state index contributed by atoms with van der Waals surface area (Å²) in [6, 6.07) is 16.1. The van der Waals surface area contributed by atoms with Gasteiger partial charge >= 0.3 is 0 Å². The number of carbonyl (C=O) groups excluding carboxylic acids is 1. The molecular formula is C29H31N3O2S. The summed E-state index contributed by atoms with van der Waals surface area (Å²) in [5, 5.41) is 3.50. The first-order valence-corrected chi connectivity index (χ1v) is 13.3. The second-order valence-electron chi connectivity index (χ2n) is 9.70. The standard InChI is InChI=1S/C29H31N3O2S/c1-3-17-32-27(34)25-26(23-10-6-5-9-21(23)18-29(25)15-7-4-8-16-29)31-28(32)35-19-24(33)30-22-13-11-20(2)12-14-22/h3,5-6,9-14H,1,4,7-8,15-19H2,2H3,(H,30,33). The Morgan fingerprint density at radius 2 is 1.89 bits per heavy atom. The van der Waals surface area contributed by atoms with E-state index in [1.54, 1.807) is 10.6 Å². The number of hydrogen-bond donors (Lipinski definition) is 1. The van der Waals surface area contributed by atoms with Gasteiger partial charge < -0.3 is 5.32 Å². The lowest BCUT2D eigenvalue weighted by Crippen LogP contribution is -2.43. The fraction of sp³-hybridized carbons (Fsp3) is 0.345. The van der Waals surface area contributed by atoms with Gasteiger partial charge in [-0.05, 0) is 43.9 Å². The van der Waals surface area contributed by atoms with Crippen molar-refractivity contribution in [3.05, 3.63) is 88.2 Å². The molecule has 5 nitrogen and oxygen atoms in total. The van der Waals surface area contributed by atoms with Gasteiger partial charge in [0.25, 0.3) is 5.56 Å². The van der Waals surface area contributed by atoms with Gasteiger partial charge in [-0.15, -0.1) is 6.58 Å². The number of nitrogens with zero attached hydrogens (tertiary/aromatic N) is 2. The SMILES string of the molecule is C=CCn1c(SCC(=O)Nc2ccc(C)cc2)nc2c(c1=O)C1(CCCCC1)Cc1ccccc1-2. The van der Waals surface area contributed by atoms with E-state index in [9.17, 15) is 9.59 Å². The molecule has 1 heterocycles. The van der Waals surface area contributed by atoms with Crippen LogP contribution >= 0.6 is 11.8 Å². The molecule has 1 amide bonds. The normalized spacial score (nSPS) is 15.8. The molecule has 0 aliphatic heterocycles. The molecule has 5 rings (SSSR count). The third-order valence-corrected chi connectivity index (χ3v) is 8.23. The van der Waals surface area contributed by atoms with Crippen molar-refractivity contribution in [3.8, 4) is 11.3 Å². The van der Waals surface area contributed by atoms with E-state index < -0.39 is 0 Å². The Bertz CT molecular complexity index is 1320. The lowest BCUT2D eigenvalue weighted by atomic mass is 9.62. The van der Waals surface area contributed by atoms with Crippen molar-refractivity contribution >= 4 is 23.4 Å². The first-order chi connectivity index (χ1) is 17.0. The summed E-state index contributed by atoms with van der Waals surface area (Å²) in [5.74, 6) is 0.0448. The topological polar surface area (TPSA) is 64.0 Å². The van der Waals surface area contributed by atoms with Crippen molar-refractivity contribution in [1.82, 2.24) is 9.55 Å². The number of anilines is 1. The highest BCUT2D eigenvalue weighted by Crippen LogP contribution is 2.48. The fourth-order valence-electron chi connectivity index (χ4n) is 5.59. The van der Waals surface area contributed by atoms with E-state index >= 15 is 0 Å². The van der Waals surface area contributed by atoms with Crippen molar-refractivity contribution in [3.63, 3.8) is 0 Å². The third kappa shape index (κ3) is 4.59. The number of thioether (sulfide) groups is 1. The van der Waals surface area contributed by atoms with Crippen LogP contribution in [0.2, 0.25) is 0 Å². The van der Waals surface area contributed by atoms with Gasteiger partial charge in [-0.2, -0.15) is 0 Å². The molecule has 3 aromatic rings. The second-order valence-corrected chi connectivity index (χ2v) is 10.6. The number of aromatic nitrogens is 2. The minimum atomic E-state index is -0.152. The summed E-state index contributed by atoms with van der Waals surface area (Å²) in [4.78, 5) is 31.8. The zero-order chi connectivity index (χ0) is 24.4. The van der Waals surface area contributed by atoms with Crippen LogP contribution in [0.3, 0.4) is 0 Å². The van der Waals surface area contributed by atoms with Crippen LogP contribution in [0.25, 0.3) is 11.3 Å². The van der Waals surface area contributed by atoms with Gasteiger partial charge in [0.05, 0.1) is 17.0 Å². The highest BCUT2D eigenvalue weighted by Gasteiger charge is 2.43. The molecule has 2 aliphatic rings. The Hall–Kier alpha value is -3.12. The van der Waals surface area contributed by atoms with Crippen LogP contribution in [0.1, 0.15) is 48.8 Å². The summed E-state index contributed by atoms with van der Waals surface area (Å²) in [5.41, 5.74) is 5.76. The predicted octanol–water partition coefficient (Wildman–Crippen LogP) is 5.89. The summed E-state index contributed by atoms with van der Waals surface area (Å²) < 4.78 is 1.71. The highest BCUT2D eigenvalue weighted by molar-refractivity contribution is 7.99. The fourth-order valence-corrected chi connectivity index (χ4v) is 6.39. The largest absolute Gasteiger partial charge is 0.325 e. The zero-order valence-corrected chi connectivity index (χ0v) is 21.0. The van der Waals surface area contributed by atoms with Crippen molar-refractivity contribution < 1.29 is 4.79 Å². The van der Waals surface area contributed by atoms with Gasteiger partial charge in [0.15, 0.2) is 5.16 Å². The molecule has 1 fully saturated rings. The molecule has 6 heteroatoms. The smallest absolute Gasteiger partial charge is 0.258 e.